The fraction of sp³-hybridized carbons (Fsp3) is 0.889. The molecule has 7 nitrogen and oxygen atoms in total. The summed E-state index contributed by atoms with van der Waals surface area (Å²) >= 11 is 0. The van der Waals surface area contributed by atoms with E-state index in [9.17, 15) is 14.7 Å². The molecule has 3 atom stereocenters. The van der Waals surface area contributed by atoms with E-state index in [0.717, 1.165) is 31.6 Å². The lowest BCUT2D eigenvalue weighted by atomic mass is 9.86. The van der Waals surface area contributed by atoms with Crippen molar-refractivity contribution in [3.05, 3.63) is 0 Å². The molecule has 1 saturated carbocycles. The van der Waals surface area contributed by atoms with Gasteiger partial charge in [0.25, 0.3) is 0 Å². The van der Waals surface area contributed by atoms with Crippen LogP contribution in [0.15, 0.2) is 0 Å². The Hall–Kier alpha value is -1.34. The molecule has 3 rings (SSSR count). The Kier molecular flexibility index (Phi) is 5.53. The van der Waals surface area contributed by atoms with E-state index in [4.69, 9.17) is 9.47 Å². The van der Waals surface area contributed by atoms with Crippen LogP contribution in [0.3, 0.4) is 0 Å². The number of nitrogens with zero attached hydrogens (tertiary/aromatic N) is 1. The molecular weight excluding hydrogens is 324 g/mol. The third-order valence-corrected chi connectivity index (χ3v) is 5.73. The Bertz CT molecular complexity index is 504. The van der Waals surface area contributed by atoms with Crippen LogP contribution in [-0.2, 0) is 14.3 Å². The maximum atomic E-state index is 12.4. The minimum atomic E-state index is -0.828. The van der Waals surface area contributed by atoms with Crippen LogP contribution in [-0.4, -0.2) is 60.1 Å². The van der Waals surface area contributed by atoms with E-state index >= 15 is 0 Å². The number of carboxylic acid groups (broad SMARTS) is 1. The van der Waals surface area contributed by atoms with Gasteiger partial charge < -0.3 is 24.8 Å². The number of nitrogens with one attached hydrogen (secondary N) is 1. The molecule has 0 aromatic heterocycles. The molecule has 2 amide bonds. The highest BCUT2D eigenvalue weighted by Crippen LogP contribution is 2.39. The Morgan fingerprint density at radius 1 is 1.20 bits per heavy atom. The van der Waals surface area contributed by atoms with Crippen LogP contribution in [0.25, 0.3) is 0 Å². The summed E-state index contributed by atoms with van der Waals surface area (Å²) in [5, 5.41) is 12.1. The van der Waals surface area contributed by atoms with E-state index < -0.39 is 17.7 Å². The summed E-state index contributed by atoms with van der Waals surface area (Å²) in [6, 6.07) is -0.209. The number of aliphatic carboxylic acids is 1. The van der Waals surface area contributed by atoms with Crippen molar-refractivity contribution in [1.29, 1.82) is 0 Å². The number of carboxylic acids is 1. The van der Waals surface area contributed by atoms with E-state index in [1.807, 2.05) is 6.92 Å². The second kappa shape index (κ2) is 7.50. The van der Waals surface area contributed by atoms with Crippen molar-refractivity contribution in [2.75, 3.05) is 26.2 Å². The predicted molar refractivity (Wildman–Crippen MR) is 91.1 cm³/mol. The van der Waals surface area contributed by atoms with E-state index in [2.05, 4.69) is 12.2 Å². The SMILES string of the molecule is CC1CCC2(CC1)OCC(CNC(=O)N1CC(C)CC(C(=O)O)C1)O2. The first-order valence-corrected chi connectivity index (χ1v) is 9.44. The fourth-order valence-electron chi connectivity index (χ4n) is 4.19. The number of rotatable bonds is 3. The molecule has 1 spiro atoms. The number of likely N-dealkylation sites (tertiary alicyclic amines) is 1. The number of urea groups is 1. The van der Waals surface area contributed by atoms with Crippen LogP contribution in [0.2, 0.25) is 0 Å². The lowest BCUT2D eigenvalue weighted by molar-refractivity contribution is -0.191. The summed E-state index contributed by atoms with van der Waals surface area (Å²) in [4.78, 5) is 25.3. The lowest BCUT2D eigenvalue weighted by Crippen LogP contribution is -2.50. The summed E-state index contributed by atoms with van der Waals surface area (Å²) in [6.07, 6.45) is 4.56. The van der Waals surface area contributed by atoms with Gasteiger partial charge in [0.2, 0.25) is 0 Å². The molecule has 0 bridgehead atoms. The monoisotopic (exact) mass is 354 g/mol. The highest BCUT2D eigenvalue weighted by Gasteiger charge is 2.43. The molecule has 2 N–H and O–H groups in total. The number of piperidine rings is 1. The van der Waals surface area contributed by atoms with Gasteiger partial charge in [-0.15, -0.1) is 0 Å². The minimum Gasteiger partial charge on any atom is -0.481 e. The lowest BCUT2D eigenvalue weighted by Gasteiger charge is -2.35. The van der Waals surface area contributed by atoms with Crippen molar-refractivity contribution in [2.45, 2.75) is 57.8 Å². The summed E-state index contributed by atoms with van der Waals surface area (Å²) in [7, 11) is 0. The van der Waals surface area contributed by atoms with Crippen LogP contribution < -0.4 is 5.32 Å². The Labute approximate surface area is 149 Å². The summed E-state index contributed by atoms with van der Waals surface area (Å²) < 4.78 is 12.0. The molecule has 1 aliphatic carbocycles. The Morgan fingerprint density at radius 3 is 2.60 bits per heavy atom. The van der Waals surface area contributed by atoms with Crippen molar-refractivity contribution in [2.24, 2.45) is 17.8 Å². The third-order valence-electron chi connectivity index (χ3n) is 5.73. The smallest absolute Gasteiger partial charge is 0.317 e. The molecule has 2 aliphatic heterocycles. The number of ether oxygens (including phenoxy) is 2. The maximum absolute atomic E-state index is 12.4. The van der Waals surface area contributed by atoms with Crippen LogP contribution in [0.1, 0.15) is 46.0 Å². The number of carbonyl (C=O) groups is 2. The quantitative estimate of drug-likeness (QED) is 0.810. The van der Waals surface area contributed by atoms with Gasteiger partial charge in [-0.05, 0) is 31.1 Å². The van der Waals surface area contributed by atoms with Crippen LogP contribution >= 0.6 is 0 Å². The average molecular weight is 354 g/mol. The van der Waals surface area contributed by atoms with Gasteiger partial charge in [0.05, 0.1) is 12.5 Å². The molecule has 0 aromatic carbocycles. The van der Waals surface area contributed by atoms with Gasteiger partial charge in [-0.3, -0.25) is 4.79 Å². The van der Waals surface area contributed by atoms with E-state index in [-0.39, 0.29) is 24.6 Å². The molecule has 25 heavy (non-hydrogen) atoms. The molecule has 3 aliphatic rings. The predicted octanol–water partition coefficient (Wildman–Crippen LogP) is 2.06. The van der Waals surface area contributed by atoms with Crippen LogP contribution in [0.5, 0.6) is 0 Å². The zero-order valence-corrected chi connectivity index (χ0v) is 15.2. The maximum Gasteiger partial charge on any atom is 0.317 e. The summed E-state index contributed by atoms with van der Waals surface area (Å²) in [5.74, 6) is -0.840. The highest BCUT2D eigenvalue weighted by atomic mass is 16.7. The standard InChI is InChI=1S/C18H30N2O5/c1-12-3-5-18(6-4-12)24-11-15(25-18)8-19-17(23)20-9-13(2)7-14(10-20)16(21)22/h12-15H,3-11H2,1-2H3,(H,19,23)(H,21,22). The second-order valence-electron chi connectivity index (χ2n) is 8.11. The Morgan fingerprint density at radius 2 is 1.92 bits per heavy atom. The van der Waals surface area contributed by atoms with Gasteiger partial charge in [-0.1, -0.05) is 13.8 Å². The summed E-state index contributed by atoms with van der Waals surface area (Å²) in [6.45, 7) is 6.01. The topological polar surface area (TPSA) is 88.1 Å². The second-order valence-corrected chi connectivity index (χ2v) is 8.11. The van der Waals surface area contributed by atoms with E-state index in [1.165, 1.54) is 0 Å². The molecule has 2 heterocycles. The van der Waals surface area contributed by atoms with Crippen molar-refractivity contribution >= 4 is 12.0 Å². The first-order chi connectivity index (χ1) is 11.9. The molecule has 2 saturated heterocycles. The molecule has 3 fully saturated rings. The van der Waals surface area contributed by atoms with Crippen molar-refractivity contribution in [1.82, 2.24) is 10.2 Å². The van der Waals surface area contributed by atoms with Gasteiger partial charge in [-0.2, -0.15) is 0 Å². The molecular formula is C18H30N2O5. The molecule has 142 valence electrons. The van der Waals surface area contributed by atoms with Crippen molar-refractivity contribution < 1.29 is 24.2 Å². The zero-order chi connectivity index (χ0) is 18.0. The number of carbonyl (C=O) groups excluding carboxylic acids is 1. The molecule has 3 unspecified atom stereocenters. The van der Waals surface area contributed by atoms with Crippen molar-refractivity contribution in [3.8, 4) is 0 Å². The first-order valence-electron chi connectivity index (χ1n) is 9.44. The first kappa shape index (κ1) is 18.5. The molecule has 7 heteroatoms. The average Bonchev–Trinajstić information content (AvgIpc) is 2.98. The summed E-state index contributed by atoms with van der Waals surface area (Å²) in [5.41, 5.74) is 0. The van der Waals surface area contributed by atoms with Gasteiger partial charge >= 0.3 is 12.0 Å². The largest absolute Gasteiger partial charge is 0.481 e. The third kappa shape index (κ3) is 4.44. The Balaban J connectivity index is 1.45. The van der Waals surface area contributed by atoms with Crippen molar-refractivity contribution in [3.63, 3.8) is 0 Å². The molecule has 0 radical (unpaired) electrons. The van der Waals surface area contributed by atoms with Crippen LogP contribution in [0.4, 0.5) is 4.79 Å². The number of amides is 2. The highest BCUT2D eigenvalue weighted by molar-refractivity contribution is 5.76. The van der Waals surface area contributed by atoms with E-state index in [1.54, 1.807) is 4.90 Å². The normalized spacial score (nSPS) is 38.7. The van der Waals surface area contributed by atoms with Gasteiger partial charge in [0, 0.05) is 32.5 Å². The van der Waals surface area contributed by atoms with Gasteiger partial charge in [0.15, 0.2) is 5.79 Å². The van der Waals surface area contributed by atoms with Gasteiger partial charge in [-0.25, -0.2) is 4.79 Å². The van der Waals surface area contributed by atoms with Gasteiger partial charge in [0.1, 0.15) is 6.10 Å². The minimum absolute atomic E-state index is 0.130. The number of hydrogen-bond acceptors (Lipinski definition) is 4. The fourth-order valence-corrected chi connectivity index (χ4v) is 4.19. The molecule has 0 aromatic rings. The number of hydrogen-bond donors (Lipinski definition) is 2. The zero-order valence-electron chi connectivity index (χ0n) is 15.2. The van der Waals surface area contributed by atoms with Crippen LogP contribution in [0, 0.1) is 17.8 Å². The van der Waals surface area contributed by atoms with E-state index in [0.29, 0.717) is 26.1 Å².